The fraction of sp³-hybridized carbons (Fsp3) is 0.615. The number of aryl methyl sites for hydroxylation is 1. The molecule has 0 aromatic carbocycles. The Morgan fingerprint density at radius 2 is 1.85 bits per heavy atom. The third-order valence-corrected chi connectivity index (χ3v) is 8.73. The molecule has 3 aromatic rings. The van der Waals surface area contributed by atoms with E-state index in [9.17, 15) is 18.4 Å². The second kappa shape index (κ2) is 11.3. The average molecular weight is 634 g/mol. The number of halogens is 4. The van der Waals surface area contributed by atoms with E-state index in [1.165, 1.54) is 29.9 Å². The zero-order chi connectivity index (χ0) is 33.2. The standard InChI is InChI=1S/C26H26B4F4N8O4/c1-12-19(40-46-39-12)21(43)37-20(13-4-6-23(31,32)7-5-13)16-10-41-18(36-16)8-14(9-35-41)17(11-45-15-2-3-15)42-22(44)38-25(27,28)24(33,34)26(42,29)30/h8-10,13,15,17,20H,2-7,11H2,1H3,(H,37,43)(H,38,44). The van der Waals surface area contributed by atoms with Crippen LogP contribution >= 0.6 is 0 Å². The summed E-state index contributed by atoms with van der Waals surface area (Å²) in [7, 11) is 22.8. The molecule has 1 saturated heterocycles. The van der Waals surface area contributed by atoms with E-state index in [0.717, 1.165) is 12.8 Å². The molecule has 2 saturated carbocycles. The van der Waals surface area contributed by atoms with Gasteiger partial charge in [-0.15, -0.1) is 0 Å². The zero-order valence-electron chi connectivity index (χ0n) is 24.6. The molecule has 6 rings (SSSR count). The van der Waals surface area contributed by atoms with E-state index < -0.39 is 52.5 Å². The van der Waals surface area contributed by atoms with Gasteiger partial charge in [0.05, 0.1) is 74.3 Å². The van der Waals surface area contributed by atoms with E-state index in [-0.39, 0.29) is 61.0 Å². The molecule has 3 aliphatic rings. The first kappa shape index (κ1) is 32.4. The first-order valence-corrected chi connectivity index (χ1v) is 14.6. The Kier molecular flexibility index (Phi) is 7.96. The number of hydrogen-bond donors (Lipinski definition) is 2. The minimum Gasteiger partial charge on any atom is -0.376 e. The van der Waals surface area contributed by atoms with E-state index in [1.54, 1.807) is 0 Å². The first-order chi connectivity index (χ1) is 21.5. The number of nitrogens with one attached hydrogen (secondary N) is 2. The predicted octanol–water partition coefficient (Wildman–Crippen LogP) is 1.58. The average Bonchev–Trinajstić information content (AvgIpc) is 3.54. The van der Waals surface area contributed by atoms with Crippen LogP contribution in [0.4, 0.5) is 22.4 Å². The number of carbonyl (C=O) groups excluding carboxylic acids is 2. The number of alkyl halides is 4. The summed E-state index contributed by atoms with van der Waals surface area (Å²) < 4.78 is 70.6. The summed E-state index contributed by atoms with van der Waals surface area (Å²) in [6.45, 7) is 1.25. The number of carbonyl (C=O) groups is 2. The molecule has 12 nitrogen and oxygen atoms in total. The lowest BCUT2D eigenvalue weighted by Crippen LogP contribution is -2.83. The lowest BCUT2D eigenvalue weighted by atomic mass is 9.43. The fourth-order valence-corrected chi connectivity index (χ4v) is 5.87. The number of imidazole rings is 1. The van der Waals surface area contributed by atoms with Crippen molar-refractivity contribution in [3.05, 3.63) is 41.1 Å². The van der Waals surface area contributed by atoms with Crippen molar-refractivity contribution in [3.8, 4) is 0 Å². The highest BCUT2D eigenvalue weighted by Crippen LogP contribution is 2.44. The van der Waals surface area contributed by atoms with Gasteiger partial charge in [0.2, 0.25) is 5.92 Å². The van der Waals surface area contributed by atoms with Gasteiger partial charge in [-0.2, -0.15) is 5.10 Å². The van der Waals surface area contributed by atoms with E-state index in [1.807, 2.05) is 5.32 Å². The number of aromatic nitrogens is 5. The molecule has 2 aliphatic carbocycles. The van der Waals surface area contributed by atoms with Crippen LogP contribution in [0.2, 0.25) is 0 Å². The van der Waals surface area contributed by atoms with Gasteiger partial charge in [-0.25, -0.2) is 36.5 Å². The van der Waals surface area contributed by atoms with Crippen LogP contribution in [-0.2, 0) is 4.74 Å². The largest absolute Gasteiger partial charge is 0.376 e. The molecule has 46 heavy (non-hydrogen) atoms. The second-order valence-electron chi connectivity index (χ2n) is 12.2. The van der Waals surface area contributed by atoms with Crippen molar-refractivity contribution in [2.24, 2.45) is 5.92 Å². The highest BCUT2D eigenvalue weighted by molar-refractivity contribution is 6.48. The van der Waals surface area contributed by atoms with Crippen LogP contribution in [0.5, 0.6) is 0 Å². The first-order valence-electron chi connectivity index (χ1n) is 14.6. The van der Waals surface area contributed by atoms with Crippen LogP contribution in [0.1, 0.15) is 78.0 Å². The summed E-state index contributed by atoms with van der Waals surface area (Å²) >= 11 is 0. The van der Waals surface area contributed by atoms with Gasteiger partial charge in [0.25, 0.3) is 11.8 Å². The maximum Gasteiger partial charge on any atom is 0.316 e. The van der Waals surface area contributed by atoms with Gasteiger partial charge in [0.15, 0.2) is 11.3 Å². The predicted molar refractivity (Wildman–Crippen MR) is 155 cm³/mol. The normalized spacial score (nSPS) is 23.5. The molecule has 8 radical (unpaired) electrons. The van der Waals surface area contributed by atoms with Crippen LogP contribution in [0.25, 0.3) is 5.65 Å². The maximum absolute atomic E-state index is 15.3. The van der Waals surface area contributed by atoms with Gasteiger partial charge in [0.1, 0.15) is 5.69 Å². The van der Waals surface area contributed by atoms with Crippen molar-refractivity contribution in [3.63, 3.8) is 0 Å². The van der Waals surface area contributed by atoms with Crippen molar-refractivity contribution in [2.45, 2.75) is 86.2 Å². The van der Waals surface area contributed by atoms with Gasteiger partial charge in [0, 0.05) is 29.1 Å². The van der Waals surface area contributed by atoms with Crippen LogP contribution < -0.4 is 10.6 Å². The number of ether oxygens (including phenoxy) is 1. The molecule has 0 spiro atoms. The van der Waals surface area contributed by atoms with Crippen molar-refractivity contribution >= 4 is 49.0 Å². The molecule has 3 aromatic heterocycles. The molecular weight excluding hydrogens is 608 g/mol. The minimum absolute atomic E-state index is 0.0727. The summed E-state index contributed by atoms with van der Waals surface area (Å²) in [5, 5.41) is 10.1. The Balaban J connectivity index is 1.36. The molecule has 20 heteroatoms. The molecule has 1 aliphatic heterocycles. The van der Waals surface area contributed by atoms with Crippen LogP contribution in [-0.4, -0.2) is 108 Å². The minimum atomic E-state index is -4.22. The highest BCUT2D eigenvalue weighted by atomic mass is 19.3. The van der Waals surface area contributed by atoms with Crippen LogP contribution in [0.3, 0.4) is 0 Å². The van der Waals surface area contributed by atoms with Crippen LogP contribution in [0.15, 0.2) is 23.1 Å². The summed E-state index contributed by atoms with van der Waals surface area (Å²) in [5.41, 5.74) is 0.812. The quantitative estimate of drug-likeness (QED) is 0.268. The topological polar surface area (TPSA) is 140 Å². The van der Waals surface area contributed by atoms with E-state index in [0.29, 0.717) is 10.6 Å². The van der Waals surface area contributed by atoms with Gasteiger partial charge < -0.3 is 20.3 Å². The summed E-state index contributed by atoms with van der Waals surface area (Å²) in [4.78, 5) is 31.4. The Labute approximate surface area is 265 Å². The third kappa shape index (κ3) is 5.77. The SMILES string of the molecule is [B]C1([B])NC(=O)N(C(COC2CC2)c2cnn3cc(C(NC(=O)c4nonc4C)C4CCC(F)(F)CC4)nc3c2)C([B])([B])C1(F)F. The van der Waals surface area contributed by atoms with E-state index in [2.05, 4.69) is 30.3 Å². The van der Waals surface area contributed by atoms with Gasteiger partial charge >= 0.3 is 6.03 Å². The number of amides is 3. The van der Waals surface area contributed by atoms with Gasteiger partial charge in [-0.1, -0.05) is 5.16 Å². The van der Waals surface area contributed by atoms with Crippen molar-refractivity contribution in [2.75, 3.05) is 6.61 Å². The number of hydrogen-bond acceptors (Lipinski definition) is 8. The van der Waals surface area contributed by atoms with Crippen molar-refractivity contribution in [1.82, 2.24) is 40.4 Å². The molecule has 0 bridgehead atoms. The number of fused-ring (bicyclic) bond motifs is 1. The Hall–Kier alpha value is -3.56. The number of rotatable bonds is 9. The number of nitrogens with zero attached hydrogens (tertiary/aromatic N) is 6. The third-order valence-electron chi connectivity index (χ3n) is 8.73. The van der Waals surface area contributed by atoms with Gasteiger partial charge in [-0.3, -0.25) is 4.79 Å². The molecule has 2 unspecified atom stereocenters. The van der Waals surface area contributed by atoms with Gasteiger partial charge in [-0.05, 0) is 49.7 Å². The Morgan fingerprint density at radius 1 is 1.15 bits per heavy atom. The maximum atomic E-state index is 15.3. The van der Waals surface area contributed by atoms with Crippen LogP contribution in [0, 0.1) is 12.8 Å². The van der Waals surface area contributed by atoms with Crippen molar-refractivity contribution < 1.29 is 36.5 Å². The highest BCUT2D eigenvalue weighted by Gasteiger charge is 2.64. The number of urea groups is 1. The lowest BCUT2D eigenvalue weighted by molar-refractivity contribution is -0.109. The molecule has 3 fully saturated rings. The zero-order valence-corrected chi connectivity index (χ0v) is 24.6. The Bertz CT molecular complexity index is 1640. The Morgan fingerprint density at radius 3 is 2.48 bits per heavy atom. The second-order valence-corrected chi connectivity index (χ2v) is 12.2. The van der Waals surface area contributed by atoms with E-state index in [4.69, 9.17) is 36.1 Å². The molecule has 234 valence electrons. The lowest BCUT2D eigenvalue weighted by Gasteiger charge is -2.58. The monoisotopic (exact) mass is 634 g/mol. The molecule has 3 amide bonds. The molecule has 2 N–H and O–H groups in total. The summed E-state index contributed by atoms with van der Waals surface area (Å²) in [5.74, 6) is -8.10. The molecule has 4 heterocycles. The summed E-state index contributed by atoms with van der Waals surface area (Å²) in [6.07, 6.45) is 3.59. The van der Waals surface area contributed by atoms with E-state index >= 15 is 8.78 Å². The smallest absolute Gasteiger partial charge is 0.316 e. The summed E-state index contributed by atoms with van der Waals surface area (Å²) in [6, 6.07) is -1.84. The fourth-order valence-electron chi connectivity index (χ4n) is 5.87. The molecular formula is C26H26B4F4N8O4. The van der Waals surface area contributed by atoms with Crippen molar-refractivity contribution in [1.29, 1.82) is 0 Å². The molecule has 2 atom stereocenters.